The second kappa shape index (κ2) is 80.5. The first kappa shape index (κ1) is 108. The zero-order valence-corrected chi connectivity index (χ0v) is 74.4. The maximum absolute atomic E-state index is 13.5. The van der Waals surface area contributed by atoms with Crippen molar-refractivity contribution in [3.8, 4) is 0 Å². The van der Waals surface area contributed by atoms with Gasteiger partial charge in [0.2, 0.25) is 0 Å². The van der Waals surface area contributed by atoms with Crippen LogP contribution < -0.4 is 0 Å². The van der Waals surface area contributed by atoms with Crippen molar-refractivity contribution >= 4 is 47.8 Å². The molecule has 16 nitrogen and oxygen atoms in total. The molecule has 0 bridgehead atoms. The van der Waals surface area contributed by atoms with Crippen molar-refractivity contribution in [2.45, 2.75) is 517 Å². The standard InChI is InChI=1S/C96H178O16/c1-9-15-19-23-27-31-35-39-43-47-51-55-59-63-67-73-87(97)105-79-95(13-5,80-106-88(98)74-68-64-60-56-52-48-44-40-36-32-28-24-20-16-10-2)83-109-93(103)85(7)111-91(101)77-71-72-78-92(102)112-86(8)94(104)110-84-96(14-6,81-107-89(99)75-69-65-61-57-53-49-45-41-37-33-29-25-21-17-11-3)82-108-90(100)76-70-66-62-58-54-50-46-42-38-34-30-26-22-18-12-4/h85-86H,9-84H2,1-8H3. The van der Waals surface area contributed by atoms with Crippen LogP contribution in [0.15, 0.2) is 0 Å². The van der Waals surface area contributed by atoms with Crippen LogP contribution in [0, 0.1) is 10.8 Å². The normalized spacial score (nSPS) is 12.2. The summed E-state index contributed by atoms with van der Waals surface area (Å²) in [5.74, 6) is -4.38. The number of rotatable bonds is 87. The number of carbonyl (C=O) groups excluding carboxylic acids is 8. The Hall–Kier alpha value is -4.24. The summed E-state index contributed by atoms with van der Waals surface area (Å²) >= 11 is 0. The third kappa shape index (κ3) is 70.0. The summed E-state index contributed by atoms with van der Waals surface area (Å²) in [5.41, 5.74) is -2.05. The highest BCUT2D eigenvalue weighted by Gasteiger charge is 2.37. The molecule has 0 aliphatic rings. The topological polar surface area (TPSA) is 210 Å². The van der Waals surface area contributed by atoms with E-state index in [0.29, 0.717) is 38.5 Å². The van der Waals surface area contributed by atoms with Crippen molar-refractivity contribution in [3.63, 3.8) is 0 Å². The van der Waals surface area contributed by atoms with Gasteiger partial charge in [0.1, 0.15) is 39.6 Å². The lowest BCUT2D eigenvalue weighted by Gasteiger charge is -2.31. The molecule has 0 aliphatic heterocycles. The van der Waals surface area contributed by atoms with Gasteiger partial charge in [-0.15, -0.1) is 0 Å². The zero-order valence-electron chi connectivity index (χ0n) is 74.4. The summed E-state index contributed by atoms with van der Waals surface area (Å²) in [5, 5.41) is 0. The van der Waals surface area contributed by atoms with E-state index in [1.807, 2.05) is 13.8 Å². The quantitative estimate of drug-likeness (QED) is 0.0315. The molecule has 0 amide bonds. The summed E-state index contributed by atoms with van der Waals surface area (Å²) in [6.07, 6.45) is 72.9. The fraction of sp³-hybridized carbons (Fsp3) is 0.917. The number of hydrogen-bond acceptors (Lipinski definition) is 16. The van der Waals surface area contributed by atoms with E-state index < -0.39 is 46.9 Å². The van der Waals surface area contributed by atoms with Crippen molar-refractivity contribution < 1.29 is 76.3 Å². The maximum Gasteiger partial charge on any atom is 0.347 e. The number of hydrogen-bond donors (Lipinski definition) is 0. The van der Waals surface area contributed by atoms with Gasteiger partial charge in [-0.3, -0.25) is 28.8 Å². The molecule has 0 N–H and O–H groups in total. The molecule has 0 fully saturated rings. The molecule has 0 aliphatic carbocycles. The van der Waals surface area contributed by atoms with E-state index >= 15 is 0 Å². The third-order valence-corrected chi connectivity index (χ3v) is 22.9. The van der Waals surface area contributed by atoms with Crippen molar-refractivity contribution in [3.05, 3.63) is 0 Å². The molecule has 2 atom stereocenters. The summed E-state index contributed by atoms with van der Waals surface area (Å²) in [4.78, 5) is 106. The van der Waals surface area contributed by atoms with Crippen molar-refractivity contribution in [1.29, 1.82) is 0 Å². The average molecular weight is 1590 g/mol. The van der Waals surface area contributed by atoms with E-state index in [0.717, 1.165) is 77.0 Å². The van der Waals surface area contributed by atoms with E-state index in [4.69, 9.17) is 37.9 Å². The van der Waals surface area contributed by atoms with E-state index in [-0.39, 0.29) is 115 Å². The van der Waals surface area contributed by atoms with Crippen molar-refractivity contribution in [1.82, 2.24) is 0 Å². The van der Waals surface area contributed by atoms with E-state index in [1.54, 1.807) is 0 Å². The smallest absolute Gasteiger partial charge is 0.347 e. The van der Waals surface area contributed by atoms with E-state index in [9.17, 15) is 38.4 Å². The third-order valence-electron chi connectivity index (χ3n) is 22.9. The molecule has 0 aromatic rings. The van der Waals surface area contributed by atoms with Crippen LogP contribution in [0.4, 0.5) is 0 Å². The first-order chi connectivity index (χ1) is 54.5. The van der Waals surface area contributed by atoms with Crippen LogP contribution >= 0.6 is 0 Å². The fourth-order valence-electron chi connectivity index (χ4n) is 14.5. The molecule has 0 aromatic carbocycles. The van der Waals surface area contributed by atoms with Gasteiger partial charge in [0.25, 0.3) is 0 Å². The number of esters is 8. The van der Waals surface area contributed by atoms with Crippen LogP contribution in [0.3, 0.4) is 0 Å². The minimum Gasteiger partial charge on any atom is -0.465 e. The predicted molar refractivity (Wildman–Crippen MR) is 459 cm³/mol. The molecule has 0 saturated carbocycles. The Morgan fingerprint density at radius 3 is 0.482 bits per heavy atom. The molecular formula is C96H178O16. The molecule has 0 saturated heterocycles. The maximum atomic E-state index is 13.5. The Morgan fingerprint density at radius 2 is 0.321 bits per heavy atom. The van der Waals surface area contributed by atoms with Gasteiger partial charge in [-0.1, -0.05) is 401 Å². The second-order valence-electron chi connectivity index (χ2n) is 33.8. The highest BCUT2D eigenvalue weighted by atomic mass is 16.6. The van der Waals surface area contributed by atoms with Crippen LogP contribution in [0.25, 0.3) is 0 Å². The van der Waals surface area contributed by atoms with Gasteiger partial charge in [-0.2, -0.15) is 0 Å². The minimum atomic E-state index is -1.28. The highest BCUT2D eigenvalue weighted by molar-refractivity contribution is 5.80. The lowest BCUT2D eigenvalue weighted by molar-refractivity contribution is -0.174. The molecule has 112 heavy (non-hydrogen) atoms. The van der Waals surface area contributed by atoms with Gasteiger partial charge >= 0.3 is 47.8 Å². The molecule has 0 radical (unpaired) electrons. The van der Waals surface area contributed by atoms with Gasteiger partial charge in [0.05, 0.1) is 10.8 Å². The first-order valence-corrected chi connectivity index (χ1v) is 47.9. The fourth-order valence-corrected chi connectivity index (χ4v) is 14.5. The SMILES string of the molecule is CCCCCCCCCCCCCCCCCC(=O)OCC(CC)(COC(=O)CCCCCCCCCCCCCCCCC)COC(=O)C(C)OC(=O)CCCCC(=O)OC(C)C(=O)OCC(CC)(COC(=O)CCCCCCCCCCCCCCCCC)COC(=O)CCCCCCCCCCCCCCCCC. The second-order valence-corrected chi connectivity index (χ2v) is 33.8. The Balaban J connectivity index is 5.38. The molecule has 0 rings (SSSR count). The lowest BCUT2D eigenvalue weighted by Crippen LogP contribution is -2.40. The molecule has 16 heteroatoms. The summed E-state index contributed by atoms with van der Waals surface area (Å²) in [7, 11) is 0. The first-order valence-electron chi connectivity index (χ1n) is 47.9. The van der Waals surface area contributed by atoms with Crippen molar-refractivity contribution in [2.24, 2.45) is 10.8 Å². The van der Waals surface area contributed by atoms with Crippen LogP contribution in [0.5, 0.6) is 0 Å². The molecule has 658 valence electrons. The zero-order chi connectivity index (χ0) is 82.2. The highest BCUT2D eigenvalue weighted by Crippen LogP contribution is 2.29. The predicted octanol–water partition coefficient (Wildman–Crippen LogP) is 27.5. The average Bonchev–Trinajstić information content (AvgIpc) is 0.864. The van der Waals surface area contributed by atoms with Gasteiger partial charge in [-0.05, 0) is 65.2 Å². The minimum absolute atomic E-state index is 0.112. The molecule has 0 heterocycles. The number of unbranched alkanes of at least 4 members (excludes halogenated alkanes) is 57. The molecule has 0 spiro atoms. The van der Waals surface area contributed by atoms with Crippen LogP contribution in [0.2, 0.25) is 0 Å². The Labute approximate surface area is 688 Å². The monoisotopic (exact) mass is 1590 g/mol. The van der Waals surface area contributed by atoms with Crippen LogP contribution in [-0.2, 0) is 76.3 Å². The summed E-state index contributed by atoms with van der Waals surface area (Å²) < 4.78 is 45.8. The van der Waals surface area contributed by atoms with Crippen molar-refractivity contribution in [2.75, 3.05) is 39.6 Å². The Bertz CT molecular complexity index is 1950. The van der Waals surface area contributed by atoms with Gasteiger partial charge in [0, 0.05) is 38.5 Å². The number of ether oxygens (including phenoxy) is 8. The molecule has 0 aromatic heterocycles. The Kier molecular flexibility index (Phi) is 77.5. The van der Waals surface area contributed by atoms with Gasteiger partial charge < -0.3 is 37.9 Å². The van der Waals surface area contributed by atoms with Crippen LogP contribution in [-0.4, -0.2) is 99.6 Å². The lowest BCUT2D eigenvalue weighted by atomic mass is 9.88. The van der Waals surface area contributed by atoms with E-state index in [2.05, 4.69) is 27.7 Å². The summed E-state index contributed by atoms with van der Waals surface area (Å²) in [6, 6.07) is 0. The molecular weight excluding hydrogens is 1410 g/mol. The largest absolute Gasteiger partial charge is 0.465 e. The van der Waals surface area contributed by atoms with Gasteiger partial charge in [0.15, 0.2) is 12.2 Å². The van der Waals surface area contributed by atoms with Crippen LogP contribution in [0.1, 0.15) is 505 Å². The Morgan fingerprint density at radius 1 is 0.188 bits per heavy atom. The number of carbonyl (C=O) groups is 8. The van der Waals surface area contributed by atoms with E-state index in [1.165, 1.54) is 296 Å². The van der Waals surface area contributed by atoms with Gasteiger partial charge in [-0.25, -0.2) is 9.59 Å². The molecule has 2 unspecified atom stereocenters. The summed E-state index contributed by atoms with van der Waals surface area (Å²) in [6.45, 7) is 14.7.